The molecule has 4 heteroatoms. The van der Waals surface area contributed by atoms with E-state index >= 15 is 0 Å². The van der Waals surface area contributed by atoms with Crippen LogP contribution in [-0.2, 0) is 16.1 Å². The molecule has 1 amide bonds. The summed E-state index contributed by atoms with van der Waals surface area (Å²) in [5.74, 6) is 0.0737. The van der Waals surface area contributed by atoms with Gasteiger partial charge < -0.3 is 14.6 Å². The second-order valence-electron chi connectivity index (χ2n) is 3.86. The minimum Gasteiger partial charge on any atom is -0.383 e. The number of amides is 1. The standard InChI is InChI=1S/C12H20N2O2/c1-10-4-5-11(2)14(10)8-6-12(15)13-7-9-16-3/h4-5H,6-9H2,1-3H3,(H,13,15). The number of methoxy groups -OCH3 is 1. The number of carbonyl (C=O) groups excluding carboxylic acids is 1. The van der Waals surface area contributed by atoms with Crippen molar-refractivity contribution in [3.63, 3.8) is 0 Å². The molecule has 0 spiro atoms. The van der Waals surface area contributed by atoms with Gasteiger partial charge in [0.05, 0.1) is 6.61 Å². The number of nitrogens with zero attached hydrogens (tertiary/aromatic N) is 1. The molecule has 0 saturated heterocycles. The van der Waals surface area contributed by atoms with Crippen molar-refractivity contribution in [2.75, 3.05) is 20.3 Å². The van der Waals surface area contributed by atoms with Gasteiger partial charge in [-0.3, -0.25) is 4.79 Å². The van der Waals surface area contributed by atoms with E-state index in [2.05, 4.69) is 35.9 Å². The Labute approximate surface area is 96.6 Å². The zero-order chi connectivity index (χ0) is 12.0. The van der Waals surface area contributed by atoms with Crippen LogP contribution in [0.25, 0.3) is 0 Å². The summed E-state index contributed by atoms with van der Waals surface area (Å²) in [6.45, 7) is 5.99. The van der Waals surface area contributed by atoms with Crippen LogP contribution in [-0.4, -0.2) is 30.7 Å². The molecule has 0 saturated carbocycles. The molecule has 0 fully saturated rings. The van der Waals surface area contributed by atoms with Crippen LogP contribution in [0, 0.1) is 13.8 Å². The second kappa shape index (κ2) is 6.33. The highest BCUT2D eigenvalue weighted by molar-refractivity contribution is 5.75. The van der Waals surface area contributed by atoms with E-state index in [-0.39, 0.29) is 5.91 Å². The Morgan fingerprint density at radius 2 is 2.00 bits per heavy atom. The topological polar surface area (TPSA) is 43.3 Å². The van der Waals surface area contributed by atoms with Gasteiger partial charge in [0, 0.05) is 38.0 Å². The predicted molar refractivity (Wildman–Crippen MR) is 63.4 cm³/mol. The van der Waals surface area contributed by atoms with Gasteiger partial charge in [-0.15, -0.1) is 0 Å². The fourth-order valence-electron chi connectivity index (χ4n) is 1.65. The van der Waals surface area contributed by atoms with Crippen molar-refractivity contribution >= 4 is 5.91 Å². The quantitative estimate of drug-likeness (QED) is 0.739. The summed E-state index contributed by atoms with van der Waals surface area (Å²) in [5.41, 5.74) is 2.39. The Kier molecular flexibility index (Phi) is 5.05. The zero-order valence-corrected chi connectivity index (χ0v) is 10.2. The Morgan fingerprint density at radius 1 is 1.38 bits per heavy atom. The van der Waals surface area contributed by atoms with Gasteiger partial charge in [0.2, 0.25) is 5.91 Å². The van der Waals surface area contributed by atoms with E-state index in [1.54, 1.807) is 7.11 Å². The molecule has 0 aliphatic carbocycles. The Balaban J connectivity index is 2.32. The third kappa shape index (κ3) is 3.70. The molecule has 0 aromatic carbocycles. The third-order valence-electron chi connectivity index (χ3n) is 2.61. The minimum atomic E-state index is 0.0737. The number of aryl methyl sites for hydroxylation is 2. The summed E-state index contributed by atoms with van der Waals surface area (Å²) in [7, 11) is 1.62. The minimum absolute atomic E-state index is 0.0737. The van der Waals surface area contributed by atoms with Crippen LogP contribution >= 0.6 is 0 Å². The van der Waals surface area contributed by atoms with Gasteiger partial charge in [0.25, 0.3) is 0 Å². The summed E-state index contributed by atoms with van der Waals surface area (Å²) in [6, 6.07) is 4.14. The molecule has 1 heterocycles. The number of hydrogen-bond donors (Lipinski definition) is 1. The van der Waals surface area contributed by atoms with E-state index in [0.717, 1.165) is 6.54 Å². The number of rotatable bonds is 6. The summed E-state index contributed by atoms with van der Waals surface area (Å²) in [6.07, 6.45) is 0.514. The monoisotopic (exact) mass is 224 g/mol. The highest BCUT2D eigenvalue weighted by Crippen LogP contribution is 2.07. The number of nitrogens with one attached hydrogen (secondary N) is 1. The van der Waals surface area contributed by atoms with Gasteiger partial charge in [0.1, 0.15) is 0 Å². The Bertz CT molecular complexity index is 325. The first-order valence-corrected chi connectivity index (χ1v) is 5.53. The van der Waals surface area contributed by atoms with Crippen LogP contribution in [0.5, 0.6) is 0 Å². The van der Waals surface area contributed by atoms with E-state index in [0.29, 0.717) is 19.6 Å². The molecule has 16 heavy (non-hydrogen) atoms. The number of ether oxygens (including phenoxy) is 1. The number of carbonyl (C=O) groups is 1. The van der Waals surface area contributed by atoms with E-state index in [4.69, 9.17) is 4.74 Å². The van der Waals surface area contributed by atoms with Crippen LogP contribution in [0.2, 0.25) is 0 Å². The Morgan fingerprint density at radius 3 is 2.56 bits per heavy atom. The average molecular weight is 224 g/mol. The number of hydrogen-bond acceptors (Lipinski definition) is 2. The zero-order valence-electron chi connectivity index (χ0n) is 10.2. The maximum Gasteiger partial charge on any atom is 0.221 e. The average Bonchev–Trinajstić information content (AvgIpc) is 2.57. The van der Waals surface area contributed by atoms with Crippen LogP contribution < -0.4 is 5.32 Å². The first-order valence-electron chi connectivity index (χ1n) is 5.53. The van der Waals surface area contributed by atoms with Gasteiger partial charge in [-0.25, -0.2) is 0 Å². The molecule has 0 atom stereocenters. The highest BCUT2D eigenvalue weighted by atomic mass is 16.5. The maximum absolute atomic E-state index is 11.5. The largest absolute Gasteiger partial charge is 0.383 e. The van der Waals surface area contributed by atoms with E-state index in [1.165, 1.54) is 11.4 Å². The van der Waals surface area contributed by atoms with Crippen molar-refractivity contribution in [3.8, 4) is 0 Å². The fourth-order valence-corrected chi connectivity index (χ4v) is 1.65. The first kappa shape index (κ1) is 12.8. The lowest BCUT2D eigenvalue weighted by Gasteiger charge is -2.09. The van der Waals surface area contributed by atoms with Gasteiger partial charge >= 0.3 is 0 Å². The molecule has 1 aromatic rings. The third-order valence-corrected chi connectivity index (χ3v) is 2.61. The van der Waals surface area contributed by atoms with Crippen LogP contribution in [0.3, 0.4) is 0 Å². The second-order valence-corrected chi connectivity index (χ2v) is 3.86. The lowest BCUT2D eigenvalue weighted by Crippen LogP contribution is -2.27. The molecule has 1 N–H and O–H groups in total. The lowest BCUT2D eigenvalue weighted by atomic mass is 10.3. The van der Waals surface area contributed by atoms with Crippen molar-refractivity contribution in [1.82, 2.24) is 9.88 Å². The molecular formula is C12H20N2O2. The fraction of sp³-hybridized carbons (Fsp3) is 0.583. The van der Waals surface area contributed by atoms with E-state index in [1.807, 2.05) is 0 Å². The maximum atomic E-state index is 11.5. The van der Waals surface area contributed by atoms with Gasteiger partial charge in [0.15, 0.2) is 0 Å². The van der Waals surface area contributed by atoms with Crippen molar-refractivity contribution < 1.29 is 9.53 Å². The molecule has 0 aliphatic heterocycles. The summed E-state index contributed by atoms with van der Waals surface area (Å²) in [5, 5.41) is 2.81. The van der Waals surface area contributed by atoms with Crippen LogP contribution in [0.1, 0.15) is 17.8 Å². The SMILES string of the molecule is COCCNC(=O)CCn1c(C)ccc1C. The highest BCUT2D eigenvalue weighted by Gasteiger charge is 2.04. The van der Waals surface area contributed by atoms with Crippen LogP contribution in [0.15, 0.2) is 12.1 Å². The smallest absolute Gasteiger partial charge is 0.221 e. The van der Waals surface area contributed by atoms with E-state index in [9.17, 15) is 4.79 Å². The normalized spacial score (nSPS) is 10.4. The van der Waals surface area contributed by atoms with Gasteiger partial charge in [-0.1, -0.05) is 0 Å². The number of aromatic nitrogens is 1. The van der Waals surface area contributed by atoms with Crippen molar-refractivity contribution in [2.24, 2.45) is 0 Å². The predicted octanol–water partition coefficient (Wildman–Crippen LogP) is 1.26. The van der Waals surface area contributed by atoms with Crippen molar-refractivity contribution in [2.45, 2.75) is 26.8 Å². The molecule has 0 unspecified atom stereocenters. The molecule has 90 valence electrons. The molecule has 1 aromatic heterocycles. The molecule has 0 aliphatic rings. The van der Waals surface area contributed by atoms with Crippen LogP contribution in [0.4, 0.5) is 0 Å². The Hall–Kier alpha value is -1.29. The lowest BCUT2D eigenvalue weighted by molar-refractivity contribution is -0.121. The van der Waals surface area contributed by atoms with E-state index < -0.39 is 0 Å². The molecule has 0 bridgehead atoms. The summed E-state index contributed by atoms with van der Waals surface area (Å²) >= 11 is 0. The van der Waals surface area contributed by atoms with Gasteiger partial charge in [-0.2, -0.15) is 0 Å². The van der Waals surface area contributed by atoms with Crippen molar-refractivity contribution in [3.05, 3.63) is 23.5 Å². The summed E-state index contributed by atoms with van der Waals surface area (Å²) in [4.78, 5) is 11.5. The first-order chi connectivity index (χ1) is 7.65. The van der Waals surface area contributed by atoms with Crippen molar-refractivity contribution in [1.29, 1.82) is 0 Å². The molecule has 0 radical (unpaired) electrons. The van der Waals surface area contributed by atoms with Gasteiger partial charge in [-0.05, 0) is 26.0 Å². The molecule has 4 nitrogen and oxygen atoms in total. The molecular weight excluding hydrogens is 204 g/mol. The summed E-state index contributed by atoms with van der Waals surface area (Å²) < 4.78 is 7.01. The molecule has 1 rings (SSSR count).